The lowest BCUT2D eigenvalue weighted by atomic mass is 9.82. The second-order valence-corrected chi connectivity index (χ2v) is 6.37. The van der Waals surface area contributed by atoms with Crippen LogP contribution in [0.3, 0.4) is 0 Å². The predicted molar refractivity (Wildman–Crippen MR) is 72.3 cm³/mol. The molecule has 2 aliphatic rings. The largest absolute Gasteiger partial charge is 0.388 e. The number of hydrogen-bond acceptors (Lipinski definition) is 2. The van der Waals surface area contributed by atoms with Crippen molar-refractivity contribution in [2.24, 2.45) is 16.6 Å². The van der Waals surface area contributed by atoms with E-state index in [0.717, 1.165) is 6.42 Å². The Morgan fingerprint density at radius 2 is 1.82 bits per heavy atom. The van der Waals surface area contributed by atoms with Crippen LogP contribution < -0.4 is 5.73 Å². The third-order valence-corrected chi connectivity index (χ3v) is 5.10. The van der Waals surface area contributed by atoms with E-state index in [0.29, 0.717) is 16.7 Å². The number of likely N-dealkylation sites (tertiary alicyclic amines) is 1. The SMILES string of the molecule is CCC1(CC)CCN(CC2(CC(=N)N)CC2)C1. The zero-order valence-electron chi connectivity index (χ0n) is 11.4. The fourth-order valence-electron chi connectivity index (χ4n) is 3.44. The molecule has 1 heterocycles. The first-order chi connectivity index (χ1) is 8.03. The fourth-order valence-corrected chi connectivity index (χ4v) is 3.44. The number of nitrogens with two attached hydrogens (primary N) is 1. The van der Waals surface area contributed by atoms with Gasteiger partial charge in [0.05, 0.1) is 5.84 Å². The third kappa shape index (κ3) is 2.82. The summed E-state index contributed by atoms with van der Waals surface area (Å²) in [6, 6.07) is 0. The fraction of sp³-hybridized carbons (Fsp3) is 0.929. The molecular weight excluding hydrogens is 210 g/mol. The molecule has 3 heteroatoms. The number of rotatable bonds is 6. The Labute approximate surface area is 105 Å². The summed E-state index contributed by atoms with van der Waals surface area (Å²) in [6.45, 7) is 8.35. The molecule has 0 radical (unpaired) electrons. The van der Waals surface area contributed by atoms with Crippen LogP contribution >= 0.6 is 0 Å². The zero-order valence-corrected chi connectivity index (χ0v) is 11.4. The summed E-state index contributed by atoms with van der Waals surface area (Å²) in [7, 11) is 0. The maximum Gasteiger partial charge on any atom is 0.0911 e. The lowest BCUT2D eigenvalue weighted by Gasteiger charge is -2.28. The molecule has 98 valence electrons. The Balaban J connectivity index is 1.88. The average molecular weight is 237 g/mol. The highest BCUT2D eigenvalue weighted by molar-refractivity contribution is 5.78. The number of nitrogens with zero attached hydrogens (tertiary/aromatic N) is 1. The van der Waals surface area contributed by atoms with Crippen molar-refractivity contribution in [1.82, 2.24) is 4.90 Å². The minimum absolute atomic E-state index is 0.374. The van der Waals surface area contributed by atoms with Gasteiger partial charge in [-0.3, -0.25) is 5.41 Å². The minimum atomic E-state index is 0.374. The quantitative estimate of drug-likeness (QED) is 0.551. The molecule has 0 atom stereocenters. The van der Waals surface area contributed by atoms with Crippen molar-refractivity contribution in [2.45, 2.75) is 52.4 Å². The molecule has 3 nitrogen and oxygen atoms in total. The van der Waals surface area contributed by atoms with E-state index in [1.54, 1.807) is 0 Å². The van der Waals surface area contributed by atoms with E-state index in [1.165, 1.54) is 51.7 Å². The van der Waals surface area contributed by atoms with Crippen LogP contribution in [0.15, 0.2) is 0 Å². The topological polar surface area (TPSA) is 53.1 Å². The van der Waals surface area contributed by atoms with Gasteiger partial charge in [-0.05, 0) is 49.5 Å². The van der Waals surface area contributed by atoms with E-state index >= 15 is 0 Å². The van der Waals surface area contributed by atoms with Gasteiger partial charge in [0.15, 0.2) is 0 Å². The second kappa shape index (κ2) is 4.60. The first kappa shape index (κ1) is 12.9. The standard InChI is InChI=1S/C14H27N3/c1-3-13(4-2)7-8-17(10-13)11-14(5-6-14)9-12(15)16/h3-11H2,1-2H3,(H3,15,16). The summed E-state index contributed by atoms with van der Waals surface area (Å²) in [6.07, 6.45) is 7.33. The molecule has 0 unspecified atom stereocenters. The van der Waals surface area contributed by atoms with Crippen LogP contribution in [-0.4, -0.2) is 30.4 Å². The van der Waals surface area contributed by atoms with Gasteiger partial charge in [0.25, 0.3) is 0 Å². The van der Waals surface area contributed by atoms with E-state index in [4.69, 9.17) is 11.1 Å². The summed E-state index contributed by atoms with van der Waals surface area (Å²) in [5.41, 5.74) is 6.52. The lowest BCUT2D eigenvalue weighted by molar-refractivity contribution is 0.212. The maximum absolute atomic E-state index is 7.47. The summed E-state index contributed by atoms with van der Waals surface area (Å²) in [4.78, 5) is 2.63. The molecule has 0 bridgehead atoms. The molecule has 0 spiro atoms. The van der Waals surface area contributed by atoms with Crippen molar-refractivity contribution in [3.05, 3.63) is 0 Å². The third-order valence-electron chi connectivity index (χ3n) is 5.10. The van der Waals surface area contributed by atoms with Crippen LogP contribution in [0.1, 0.15) is 52.4 Å². The molecule has 1 saturated carbocycles. The average Bonchev–Trinajstić information content (AvgIpc) is 2.90. The second-order valence-electron chi connectivity index (χ2n) is 6.37. The van der Waals surface area contributed by atoms with Crippen LogP contribution in [0.2, 0.25) is 0 Å². The molecule has 2 rings (SSSR count). The monoisotopic (exact) mass is 237 g/mol. The van der Waals surface area contributed by atoms with E-state index in [-0.39, 0.29) is 0 Å². The van der Waals surface area contributed by atoms with Crippen molar-refractivity contribution in [3.8, 4) is 0 Å². The Bertz CT molecular complexity index is 290. The van der Waals surface area contributed by atoms with Crippen molar-refractivity contribution in [3.63, 3.8) is 0 Å². The first-order valence-electron chi connectivity index (χ1n) is 7.08. The Hall–Kier alpha value is -0.570. The summed E-state index contributed by atoms with van der Waals surface area (Å²) in [5.74, 6) is 0.374. The van der Waals surface area contributed by atoms with Gasteiger partial charge in [-0.2, -0.15) is 0 Å². The van der Waals surface area contributed by atoms with Gasteiger partial charge in [0.2, 0.25) is 0 Å². The molecule has 0 aromatic rings. The van der Waals surface area contributed by atoms with E-state index < -0.39 is 0 Å². The van der Waals surface area contributed by atoms with Gasteiger partial charge in [-0.1, -0.05) is 13.8 Å². The highest BCUT2D eigenvalue weighted by atomic mass is 15.2. The van der Waals surface area contributed by atoms with E-state index in [2.05, 4.69) is 18.7 Å². The molecule has 0 amide bonds. The minimum Gasteiger partial charge on any atom is -0.388 e. The summed E-state index contributed by atoms with van der Waals surface area (Å²) in [5, 5.41) is 7.47. The molecule has 0 aromatic heterocycles. The van der Waals surface area contributed by atoms with Crippen molar-refractivity contribution in [1.29, 1.82) is 5.41 Å². The zero-order chi connectivity index (χ0) is 12.5. The van der Waals surface area contributed by atoms with Crippen LogP contribution in [0.4, 0.5) is 0 Å². The highest BCUT2D eigenvalue weighted by Gasteiger charge is 2.46. The predicted octanol–water partition coefficient (Wildman–Crippen LogP) is 2.60. The molecular formula is C14H27N3. The lowest BCUT2D eigenvalue weighted by Crippen LogP contribution is -2.33. The molecule has 3 N–H and O–H groups in total. The highest BCUT2D eigenvalue weighted by Crippen LogP contribution is 2.50. The Morgan fingerprint density at radius 1 is 1.18 bits per heavy atom. The van der Waals surface area contributed by atoms with Crippen LogP contribution in [-0.2, 0) is 0 Å². The van der Waals surface area contributed by atoms with Gasteiger partial charge >= 0.3 is 0 Å². The first-order valence-corrected chi connectivity index (χ1v) is 7.08. The van der Waals surface area contributed by atoms with Gasteiger partial charge in [-0.15, -0.1) is 0 Å². The maximum atomic E-state index is 7.47. The van der Waals surface area contributed by atoms with Crippen LogP contribution in [0.25, 0.3) is 0 Å². The van der Waals surface area contributed by atoms with E-state index in [9.17, 15) is 0 Å². The van der Waals surface area contributed by atoms with Crippen LogP contribution in [0.5, 0.6) is 0 Å². The summed E-state index contributed by atoms with van der Waals surface area (Å²) < 4.78 is 0. The molecule has 1 saturated heterocycles. The number of nitrogens with one attached hydrogen (secondary N) is 1. The van der Waals surface area contributed by atoms with Gasteiger partial charge in [0.1, 0.15) is 0 Å². The molecule has 1 aliphatic heterocycles. The van der Waals surface area contributed by atoms with Crippen molar-refractivity contribution >= 4 is 5.84 Å². The normalized spacial score (nSPS) is 26.0. The van der Waals surface area contributed by atoms with Gasteiger partial charge < -0.3 is 10.6 Å². The molecule has 2 fully saturated rings. The summed E-state index contributed by atoms with van der Waals surface area (Å²) >= 11 is 0. The Morgan fingerprint density at radius 3 is 2.24 bits per heavy atom. The van der Waals surface area contributed by atoms with Gasteiger partial charge in [0, 0.05) is 19.5 Å². The number of hydrogen-bond donors (Lipinski definition) is 2. The van der Waals surface area contributed by atoms with Crippen molar-refractivity contribution < 1.29 is 0 Å². The molecule has 17 heavy (non-hydrogen) atoms. The Kier molecular flexibility index (Phi) is 3.48. The molecule has 1 aliphatic carbocycles. The number of amidine groups is 1. The van der Waals surface area contributed by atoms with E-state index in [1.807, 2.05) is 0 Å². The van der Waals surface area contributed by atoms with Crippen molar-refractivity contribution in [2.75, 3.05) is 19.6 Å². The van der Waals surface area contributed by atoms with Crippen LogP contribution in [0, 0.1) is 16.2 Å². The molecule has 0 aromatic carbocycles. The van der Waals surface area contributed by atoms with Gasteiger partial charge in [-0.25, -0.2) is 0 Å². The smallest absolute Gasteiger partial charge is 0.0911 e.